The Kier molecular flexibility index (Phi) is 16.7. The van der Waals surface area contributed by atoms with Crippen LogP contribution in [0.3, 0.4) is 0 Å². The fourth-order valence-corrected chi connectivity index (χ4v) is 9.86. The maximum absolute atomic E-state index is 16.0. The second-order valence-electron chi connectivity index (χ2n) is 18.1. The summed E-state index contributed by atoms with van der Waals surface area (Å²) in [5.41, 5.74) is 5.62. The van der Waals surface area contributed by atoms with E-state index in [1.54, 1.807) is 24.3 Å². The number of hydrogen-bond acceptors (Lipinski definition) is 14. The van der Waals surface area contributed by atoms with Gasteiger partial charge < -0.3 is 62.9 Å². The number of methoxy groups -OCH3 is 2. The van der Waals surface area contributed by atoms with Gasteiger partial charge in [-0.25, -0.2) is 4.39 Å². The molecule has 1 amide bonds. The van der Waals surface area contributed by atoms with E-state index in [1.807, 2.05) is 121 Å². The number of ether oxygens (including phenoxy) is 10. The number of aromatic hydroxyl groups is 1. The van der Waals surface area contributed by atoms with E-state index in [0.717, 1.165) is 22.3 Å². The van der Waals surface area contributed by atoms with Gasteiger partial charge in [0.05, 0.1) is 65.8 Å². The summed E-state index contributed by atoms with van der Waals surface area (Å²) >= 11 is 0. The van der Waals surface area contributed by atoms with Crippen molar-refractivity contribution in [1.82, 2.24) is 5.32 Å². The Labute approximate surface area is 426 Å². The molecule has 3 heterocycles. The highest BCUT2D eigenvalue weighted by molar-refractivity contribution is 5.81. The molecular weight excluding hydrogens is 961 g/mol. The molecule has 0 aromatic heterocycles. The zero-order valence-electron chi connectivity index (χ0n) is 40.7. The van der Waals surface area contributed by atoms with Crippen LogP contribution in [0.15, 0.2) is 146 Å². The SMILES string of the molecule is COc1cc([C@@H]2c3cc4c(cc3[C@@H](NC(=O)CF)[C@H]3COC(=O)[C@H]23)OCO4)cc(OC)c1O.O[C@@]1(F)O[C@H](COCc2ccccc2)[C@H](OCc2ccccc2)[C@H](OCc2ccccc2)[C@H]1OCc1ccccc1. The van der Waals surface area contributed by atoms with Crippen LogP contribution in [0.5, 0.6) is 28.7 Å². The highest BCUT2D eigenvalue weighted by Crippen LogP contribution is 2.55. The Morgan fingerprint density at radius 2 is 1.19 bits per heavy atom. The fraction of sp³-hybridized carbons (Fsp3) is 0.333. The minimum Gasteiger partial charge on any atom is -0.502 e. The third kappa shape index (κ3) is 11.8. The van der Waals surface area contributed by atoms with Crippen LogP contribution in [-0.2, 0) is 64.4 Å². The third-order valence-electron chi connectivity index (χ3n) is 13.4. The van der Waals surface area contributed by atoms with Crippen molar-refractivity contribution in [3.63, 3.8) is 0 Å². The molecular formula is C57H57F2NO14. The van der Waals surface area contributed by atoms with Crippen LogP contribution in [0.1, 0.15) is 50.9 Å². The number of benzene rings is 6. The van der Waals surface area contributed by atoms with Gasteiger partial charge in [0.2, 0.25) is 12.5 Å². The van der Waals surface area contributed by atoms with Crippen molar-refractivity contribution >= 4 is 11.9 Å². The summed E-state index contributed by atoms with van der Waals surface area (Å²) in [6.45, 7) is -0.374. The number of phenolic OH excluding ortho intramolecular Hbond substituents is 1. The maximum atomic E-state index is 16.0. The number of rotatable bonds is 18. The molecule has 6 aromatic rings. The molecule has 0 unspecified atom stereocenters. The van der Waals surface area contributed by atoms with E-state index < -0.39 is 72.8 Å². The van der Waals surface area contributed by atoms with Crippen molar-refractivity contribution in [1.29, 1.82) is 0 Å². The van der Waals surface area contributed by atoms with Gasteiger partial charge in [-0.2, -0.15) is 4.39 Å². The monoisotopic (exact) mass is 1020 g/mol. The number of amides is 1. The number of alkyl halides is 2. The Morgan fingerprint density at radius 1 is 0.689 bits per heavy atom. The number of phenols is 1. The first kappa shape index (κ1) is 51.8. The van der Waals surface area contributed by atoms with Crippen molar-refractivity contribution in [2.24, 2.45) is 11.8 Å². The molecule has 2 fully saturated rings. The molecule has 2 saturated heterocycles. The molecule has 3 N–H and O–H groups in total. The van der Waals surface area contributed by atoms with Crippen LogP contribution in [0, 0.1) is 11.8 Å². The average molecular weight is 1020 g/mol. The van der Waals surface area contributed by atoms with Crippen molar-refractivity contribution in [3.05, 3.63) is 185 Å². The van der Waals surface area contributed by atoms with Gasteiger partial charge in [-0.1, -0.05) is 121 Å². The number of esters is 1. The van der Waals surface area contributed by atoms with Gasteiger partial charge in [0.15, 0.2) is 35.8 Å². The molecule has 9 atom stereocenters. The largest absolute Gasteiger partial charge is 0.502 e. The molecule has 15 nitrogen and oxygen atoms in total. The standard InChI is InChI=1S/C34H35FO6.C23H22FNO8/c35-34(36)33(40-24-29-19-11-4-12-20-29)32(39-23-28-17-9-3-10-18-28)31(38-22-27-15-7-2-8-16-27)30(41-34)25-37-21-26-13-5-1-6-14-26;1-29-16-3-10(4-17(30-2)22(16)27)19-11-5-14-15(33-9-32-14)6-12(11)21(25-18(26)7-24)13-8-31-23(28)20(13)19/h1-20,30-33,36H,21-25H2;3-6,13,19-21,27H,7-9H2,1-2H3,(H,25,26)/t30-,31+,32+,33-,34-;13-,19+,20-,21+/m10/s1. The van der Waals surface area contributed by atoms with E-state index in [-0.39, 0.29) is 57.1 Å². The van der Waals surface area contributed by atoms with Gasteiger partial charge >= 0.3 is 12.0 Å². The molecule has 1 aliphatic carbocycles. The van der Waals surface area contributed by atoms with E-state index in [9.17, 15) is 24.2 Å². The zero-order chi connectivity index (χ0) is 51.6. The van der Waals surface area contributed by atoms with Crippen molar-refractivity contribution in [2.45, 2.75) is 68.8 Å². The number of cyclic esters (lactones) is 1. The predicted octanol–water partition coefficient (Wildman–Crippen LogP) is 8.17. The molecule has 0 spiro atoms. The molecule has 4 aliphatic rings. The highest BCUT2D eigenvalue weighted by Gasteiger charge is 2.58. The van der Waals surface area contributed by atoms with Crippen LogP contribution in [0.25, 0.3) is 0 Å². The number of nitrogens with one attached hydrogen (secondary N) is 1. The van der Waals surface area contributed by atoms with E-state index >= 15 is 4.39 Å². The van der Waals surface area contributed by atoms with Gasteiger partial charge in [0.1, 0.15) is 18.3 Å². The lowest BCUT2D eigenvalue weighted by Crippen LogP contribution is -2.65. The first-order chi connectivity index (χ1) is 36.0. The topological polar surface area (TPSA) is 179 Å². The van der Waals surface area contributed by atoms with E-state index in [1.165, 1.54) is 14.2 Å². The number of fused-ring (bicyclic) bond motifs is 3. The Bertz CT molecular complexity index is 2780. The van der Waals surface area contributed by atoms with Crippen molar-refractivity contribution in [2.75, 3.05) is 40.9 Å². The first-order valence-electron chi connectivity index (χ1n) is 24.1. The minimum atomic E-state index is -3.15. The fourth-order valence-electron chi connectivity index (χ4n) is 9.86. The molecule has 0 bridgehead atoms. The van der Waals surface area contributed by atoms with Gasteiger partial charge in [-0.3, -0.25) is 9.59 Å². The molecule has 17 heteroatoms. The second kappa shape index (κ2) is 23.8. The Hall–Kier alpha value is -7.12. The summed E-state index contributed by atoms with van der Waals surface area (Å²) < 4.78 is 86.4. The average Bonchev–Trinajstić information content (AvgIpc) is 4.06. The van der Waals surface area contributed by atoms with Gasteiger partial charge in [-0.05, 0) is 63.2 Å². The Morgan fingerprint density at radius 3 is 1.72 bits per heavy atom. The minimum absolute atomic E-state index is 0.0306. The molecule has 3 aliphatic heterocycles. The van der Waals surface area contributed by atoms with Crippen molar-refractivity contribution < 1.29 is 76.0 Å². The van der Waals surface area contributed by atoms with Gasteiger partial charge in [-0.15, -0.1) is 0 Å². The zero-order valence-corrected chi connectivity index (χ0v) is 40.7. The maximum Gasteiger partial charge on any atom is 0.348 e. The summed E-state index contributed by atoms with van der Waals surface area (Å²) in [4.78, 5) is 25.0. The highest BCUT2D eigenvalue weighted by atomic mass is 19.2. The molecule has 10 rings (SSSR count). The van der Waals surface area contributed by atoms with E-state index in [2.05, 4.69) is 5.32 Å². The lowest BCUT2D eigenvalue weighted by molar-refractivity contribution is -0.418. The molecule has 0 radical (unpaired) electrons. The lowest BCUT2D eigenvalue weighted by atomic mass is 9.65. The third-order valence-corrected chi connectivity index (χ3v) is 13.4. The van der Waals surface area contributed by atoms with Crippen LogP contribution in [-0.4, -0.2) is 93.4 Å². The summed E-state index contributed by atoms with van der Waals surface area (Å²) in [6, 6.07) is 41.2. The predicted molar refractivity (Wildman–Crippen MR) is 263 cm³/mol. The number of halogens is 2. The summed E-state index contributed by atoms with van der Waals surface area (Å²) in [6.07, 6.45) is -4.30. The Balaban J connectivity index is 0.000000186. The van der Waals surface area contributed by atoms with E-state index in [4.69, 9.17) is 47.4 Å². The molecule has 0 saturated carbocycles. The van der Waals surface area contributed by atoms with Gasteiger partial charge in [0, 0.05) is 11.8 Å². The lowest BCUT2D eigenvalue weighted by Gasteiger charge is -2.46. The molecule has 6 aromatic carbocycles. The number of aliphatic hydroxyl groups is 1. The summed E-state index contributed by atoms with van der Waals surface area (Å²) in [7, 11) is 2.83. The molecule has 74 heavy (non-hydrogen) atoms. The number of carbonyl (C=O) groups is 2. The summed E-state index contributed by atoms with van der Waals surface area (Å²) in [5, 5.41) is 24.0. The summed E-state index contributed by atoms with van der Waals surface area (Å²) in [5.74, 6) is -1.68. The normalized spacial score (nSPS) is 24.4. The molecule has 388 valence electrons. The first-order valence-corrected chi connectivity index (χ1v) is 24.1. The van der Waals surface area contributed by atoms with Crippen LogP contribution >= 0.6 is 0 Å². The number of hydrogen-bond donors (Lipinski definition) is 3. The smallest absolute Gasteiger partial charge is 0.348 e. The van der Waals surface area contributed by atoms with Crippen molar-refractivity contribution in [3.8, 4) is 28.7 Å². The second-order valence-corrected chi connectivity index (χ2v) is 18.1. The quantitative estimate of drug-likeness (QED) is 0.0702. The van der Waals surface area contributed by atoms with Crippen LogP contribution in [0.4, 0.5) is 8.78 Å². The number of carbonyl (C=O) groups excluding carboxylic acids is 2. The van der Waals surface area contributed by atoms with Gasteiger partial charge in [0.25, 0.3) is 5.91 Å². The van der Waals surface area contributed by atoms with Crippen LogP contribution < -0.4 is 24.3 Å². The van der Waals surface area contributed by atoms with Crippen LogP contribution in [0.2, 0.25) is 0 Å². The van der Waals surface area contributed by atoms with E-state index in [0.29, 0.717) is 34.8 Å².